The van der Waals surface area contributed by atoms with Crippen LogP contribution in [0.5, 0.6) is 5.75 Å². The third-order valence-corrected chi connectivity index (χ3v) is 4.50. The molecule has 1 unspecified atom stereocenters. The highest BCUT2D eigenvalue weighted by molar-refractivity contribution is 7.91. The predicted octanol–water partition coefficient (Wildman–Crippen LogP) is 1.78. The van der Waals surface area contributed by atoms with E-state index in [0.29, 0.717) is 6.42 Å². The summed E-state index contributed by atoms with van der Waals surface area (Å²) in [4.78, 5) is 0. The van der Waals surface area contributed by atoms with Gasteiger partial charge in [-0.2, -0.15) is 0 Å². The van der Waals surface area contributed by atoms with Gasteiger partial charge in [0, 0.05) is 6.04 Å². The fourth-order valence-corrected chi connectivity index (χ4v) is 3.02. The molecular formula is C14H23NO3S. The fourth-order valence-electron chi connectivity index (χ4n) is 1.85. The van der Waals surface area contributed by atoms with E-state index in [1.54, 1.807) is 0 Å². The van der Waals surface area contributed by atoms with E-state index in [0.717, 1.165) is 17.7 Å². The zero-order valence-electron chi connectivity index (χ0n) is 11.6. The van der Waals surface area contributed by atoms with E-state index in [1.807, 2.05) is 38.1 Å². The molecule has 0 heterocycles. The molecule has 0 fully saturated rings. The summed E-state index contributed by atoms with van der Waals surface area (Å²) in [5.41, 5.74) is 6.80. The quantitative estimate of drug-likeness (QED) is 0.790. The molecule has 1 aromatic carbocycles. The van der Waals surface area contributed by atoms with Crippen LogP contribution in [0, 0.1) is 0 Å². The maximum atomic E-state index is 11.6. The lowest BCUT2D eigenvalue weighted by Crippen LogP contribution is -2.20. The Morgan fingerprint density at radius 3 is 2.58 bits per heavy atom. The molecule has 108 valence electrons. The molecule has 0 bridgehead atoms. The second-order valence-electron chi connectivity index (χ2n) is 4.79. The molecule has 0 saturated heterocycles. The molecule has 0 radical (unpaired) electrons. The van der Waals surface area contributed by atoms with Gasteiger partial charge in [-0.1, -0.05) is 25.1 Å². The van der Waals surface area contributed by atoms with Gasteiger partial charge in [-0.3, -0.25) is 0 Å². The molecule has 0 aliphatic heterocycles. The highest BCUT2D eigenvalue weighted by Gasteiger charge is 2.11. The minimum absolute atomic E-state index is 0.0496. The Morgan fingerprint density at radius 2 is 1.95 bits per heavy atom. The van der Waals surface area contributed by atoms with E-state index in [-0.39, 0.29) is 24.2 Å². The predicted molar refractivity (Wildman–Crippen MR) is 78.2 cm³/mol. The van der Waals surface area contributed by atoms with Crippen molar-refractivity contribution < 1.29 is 13.2 Å². The minimum Gasteiger partial charge on any atom is -0.492 e. The second kappa shape index (κ2) is 7.50. The van der Waals surface area contributed by atoms with Gasteiger partial charge >= 0.3 is 0 Å². The number of hydrogen-bond donors (Lipinski definition) is 1. The maximum Gasteiger partial charge on any atom is 0.153 e. The molecule has 0 amide bonds. The van der Waals surface area contributed by atoms with E-state index in [2.05, 4.69) is 0 Å². The molecule has 2 N–H and O–H groups in total. The minimum atomic E-state index is -2.99. The lowest BCUT2D eigenvalue weighted by molar-refractivity contribution is 0.336. The Hall–Kier alpha value is -1.07. The Kier molecular flexibility index (Phi) is 6.31. The normalized spacial score (nSPS) is 13.2. The molecule has 5 heteroatoms. The lowest BCUT2D eigenvalue weighted by atomic mass is 10.1. The van der Waals surface area contributed by atoms with Crippen LogP contribution in [0.3, 0.4) is 0 Å². The number of ether oxygens (including phenoxy) is 1. The first-order chi connectivity index (χ1) is 8.94. The Labute approximate surface area is 115 Å². The third kappa shape index (κ3) is 6.07. The number of rotatable bonds is 8. The summed E-state index contributed by atoms with van der Waals surface area (Å²) in [6.45, 7) is 3.98. The van der Waals surface area contributed by atoms with E-state index < -0.39 is 9.84 Å². The fraction of sp³-hybridized carbons (Fsp3) is 0.571. The molecule has 0 aliphatic carbocycles. The van der Waals surface area contributed by atoms with Gasteiger partial charge in [0.25, 0.3) is 0 Å². The van der Waals surface area contributed by atoms with Gasteiger partial charge in [0.05, 0.1) is 11.5 Å². The molecule has 0 aromatic heterocycles. The summed E-state index contributed by atoms with van der Waals surface area (Å²) in [6, 6.07) is 7.66. The van der Waals surface area contributed by atoms with Crippen molar-refractivity contribution in [3.63, 3.8) is 0 Å². The van der Waals surface area contributed by atoms with Crippen molar-refractivity contribution in [3.05, 3.63) is 29.8 Å². The third-order valence-electron chi connectivity index (χ3n) is 2.68. The summed E-state index contributed by atoms with van der Waals surface area (Å²) < 4.78 is 28.8. The van der Waals surface area contributed by atoms with Crippen LogP contribution in [-0.4, -0.2) is 32.6 Å². The van der Waals surface area contributed by atoms with Gasteiger partial charge in [0.1, 0.15) is 12.4 Å². The van der Waals surface area contributed by atoms with Crippen molar-refractivity contribution in [1.29, 1.82) is 0 Å². The largest absolute Gasteiger partial charge is 0.492 e. The highest BCUT2D eigenvalue weighted by atomic mass is 32.2. The average Bonchev–Trinajstić information content (AvgIpc) is 2.30. The van der Waals surface area contributed by atoms with Gasteiger partial charge in [-0.15, -0.1) is 0 Å². The molecule has 19 heavy (non-hydrogen) atoms. The zero-order chi connectivity index (χ0) is 14.3. The van der Waals surface area contributed by atoms with Crippen LogP contribution >= 0.6 is 0 Å². The first-order valence-electron chi connectivity index (χ1n) is 6.61. The molecule has 1 aromatic rings. The van der Waals surface area contributed by atoms with Crippen molar-refractivity contribution in [2.45, 2.75) is 32.7 Å². The average molecular weight is 285 g/mol. The van der Waals surface area contributed by atoms with Crippen LogP contribution < -0.4 is 10.5 Å². The van der Waals surface area contributed by atoms with Crippen molar-refractivity contribution >= 4 is 9.84 Å². The standard InChI is InChI=1S/C14H23NO3S/c1-3-9-19(16,17)10-8-18-14-7-5-4-6-13(14)11-12(2)15/h4-7,12H,3,8-11,15H2,1-2H3. The van der Waals surface area contributed by atoms with E-state index >= 15 is 0 Å². The van der Waals surface area contributed by atoms with Crippen molar-refractivity contribution in [2.75, 3.05) is 18.1 Å². The zero-order valence-corrected chi connectivity index (χ0v) is 12.4. The summed E-state index contributed by atoms with van der Waals surface area (Å²) >= 11 is 0. The molecule has 1 atom stereocenters. The summed E-state index contributed by atoms with van der Waals surface area (Å²) in [5.74, 6) is 1.01. The van der Waals surface area contributed by atoms with Crippen molar-refractivity contribution in [2.24, 2.45) is 5.73 Å². The molecule has 4 nitrogen and oxygen atoms in total. The van der Waals surface area contributed by atoms with Crippen molar-refractivity contribution in [3.8, 4) is 5.75 Å². The van der Waals surface area contributed by atoms with E-state index in [4.69, 9.17) is 10.5 Å². The Bertz CT molecular complexity index is 483. The molecule has 0 spiro atoms. The number of sulfone groups is 1. The number of nitrogens with two attached hydrogens (primary N) is 1. The summed E-state index contributed by atoms with van der Waals surface area (Å²) in [6.07, 6.45) is 1.36. The van der Waals surface area contributed by atoms with Gasteiger partial charge in [0.2, 0.25) is 0 Å². The van der Waals surface area contributed by atoms with Crippen LogP contribution in [0.25, 0.3) is 0 Å². The van der Waals surface area contributed by atoms with Gasteiger partial charge in [-0.05, 0) is 31.4 Å². The SMILES string of the molecule is CCCS(=O)(=O)CCOc1ccccc1CC(C)N. The first kappa shape index (κ1) is 16.0. The maximum absolute atomic E-state index is 11.6. The van der Waals surface area contributed by atoms with Gasteiger partial charge in [0.15, 0.2) is 9.84 Å². The second-order valence-corrected chi connectivity index (χ2v) is 7.09. The molecular weight excluding hydrogens is 262 g/mol. The smallest absolute Gasteiger partial charge is 0.153 e. The van der Waals surface area contributed by atoms with Crippen LogP contribution in [0.15, 0.2) is 24.3 Å². The molecule has 0 saturated carbocycles. The Balaban J connectivity index is 2.58. The van der Waals surface area contributed by atoms with Gasteiger partial charge in [-0.25, -0.2) is 8.42 Å². The summed E-state index contributed by atoms with van der Waals surface area (Å²) in [7, 11) is -2.99. The van der Waals surface area contributed by atoms with E-state index in [1.165, 1.54) is 0 Å². The van der Waals surface area contributed by atoms with E-state index in [9.17, 15) is 8.42 Å². The van der Waals surface area contributed by atoms with Crippen LogP contribution in [0.1, 0.15) is 25.8 Å². The number of para-hydroxylation sites is 1. The topological polar surface area (TPSA) is 69.4 Å². The summed E-state index contributed by atoms with van der Waals surface area (Å²) in [5, 5.41) is 0. The van der Waals surface area contributed by atoms with Gasteiger partial charge < -0.3 is 10.5 Å². The highest BCUT2D eigenvalue weighted by Crippen LogP contribution is 2.19. The van der Waals surface area contributed by atoms with Crippen LogP contribution in [0.2, 0.25) is 0 Å². The van der Waals surface area contributed by atoms with Crippen LogP contribution in [0.4, 0.5) is 0 Å². The monoisotopic (exact) mass is 285 g/mol. The number of benzene rings is 1. The molecule has 0 aliphatic rings. The Morgan fingerprint density at radius 1 is 1.26 bits per heavy atom. The lowest BCUT2D eigenvalue weighted by Gasteiger charge is -2.13. The number of hydrogen-bond acceptors (Lipinski definition) is 4. The van der Waals surface area contributed by atoms with Crippen LogP contribution in [-0.2, 0) is 16.3 Å². The van der Waals surface area contributed by atoms with Crippen molar-refractivity contribution in [1.82, 2.24) is 0 Å². The first-order valence-corrected chi connectivity index (χ1v) is 8.43. The molecule has 1 rings (SSSR count).